The van der Waals surface area contributed by atoms with E-state index in [0.29, 0.717) is 18.2 Å². The van der Waals surface area contributed by atoms with Gasteiger partial charge in [-0.1, -0.05) is 78.9 Å². The Morgan fingerprint density at radius 1 is 0.781 bits per heavy atom. The molecule has 32 heavy (non-hydrogen) atoms. The number of hydrogen-bond donors (Lipinski definition) is 1. The second-order valence-corrected chi connectivity index (χ2v) is 7.16. The monoisotopic (exact) mass is 424 g/mol. The Bertz CT molecular complexity index is 1060. The molecule has 0 aliphatic heterocycles. The lowest BCUT2D eigenvalue weighted by atomic mass is 10.0. The predicted molar refractivity (Wildman–Crippen MR) is 125 cm³/mol. The van der Waals surface area contributed by atoms with E-state index in [4.69, 9.17) is 9.47 Å². The summed E-state index contributed by atoms with van der Waals surface area (Å²) in [6.07, 6.45) is 1.57. The number of nitrogens with one attached hydrogen (secondary N) is 1. The van der Waals surface area contributed by atoms with Crippen molar-refractivity contribution >= 4 is 11.6 Å². The van der Waals surface area contributed by atoms with Crippen molar-refractivity contribution in [2.75, 3.05) is 11.9 Å². The zero-order valence-electron chi connectivity index (χ0n) is 17.6. The quantitative estimate of drug-likeness (QED) is 0.377. The number of ether oxygens (including phenoxy) is 2. The minimum absolute atomic E-state index is 0.136. The lowest BCUT2D eigenvalue weighted by molar-refractivity contribution is -0.116. The van der Waals surface area contributed by atoms with Gasteiger partial charge in [0.05, 0.1) is 24.9 Å². The maximum absolute atomic E-state index is 12.2. The molecule has 0 fully saturated rings. The van der Waals surface area contributed by atoms with E-state index in [1.54, 1.807) is 18.3 Å². The summed E-state index contributed by atoms with van der Waals surface area (Å²) in [6.45, 7) is 0.306. The van der Waals surface area contributed by atoms with Crippen molar-refractivity contribution in [3.63, 3.8) is 0 Å². The molecular formula is C27H24N2O3. The molecule has 1 N–H and O–H groups in total. The number of amides is 1. The summed E-state index contributed by atoms with van der Waals surface area (Å²) in [6, 6.07) is 33.0. The van der Waals surface area contributed by atoms with Crippen molar-refractivity contribution in [3.05, 3.63) is 120 Å². The number of carbonyl (C=O) groups is 1. The van der Waals surface area contributed by atoms with Crippen LogP contribution in [-0.4, -0.2) is 17.5 Å². The van der Waals surface area contributed by atoms with Gasteiger partial charge in [0.15, 0.2) is 6.10 Å². The fourth-order valence-corrected chi connectivity index (χ4v) is 3.23. The van der Waals surface area contributed by atoms with Gasteiger partial charge >= 0.3 is 0 Å². The van der Waals surface area contributed by atoms with Gasteiger partial charge in [0.1, 0.15) is 5.75 Å². The number of benzene rings is 3. The second kappa shape index (κ2) is 10.8. The number of anilines is 1. The lowest BCUT2D eigenvalue weighted by Crippen LogP contribution is -2.15. The highest BCUT2D eigenvalue weighted by molar-refractivity contribution is 5.90. The van der Waals surface area contributed by atoms with Crippen molar-refractivity contribution in [2.45, 2.75) is 12.5 Å². The number of aromatic nitrogens is 1. The van der Waals surface area contributed by atoms with E-state index in [1.807, 2.05) is 91.0 Å². The van der Waals surface area contributed by atoms with Crippen LogP contribution in [0.25, 0.3) is 0 Å². The molecule has 1 amide bonds. The van der Waals surface area contributed by atoms with Gasteiger partial charge in [-0.3, -0.25) is 4.79 Å². The van der Waals surface area contributed by atoms with E-state index in [1.165, 1.54) is 0 Å². The first-order chi connectivity index (χ1) is 15.8. The second-order valence-electron chi connectivity index (χ2n) is 7.16. The number of nitrogens with zero attached hydrogens (tertiary/aromatic N) is 1. The normalized spacial score (nSPS) is 10.5. The first-order valence-electron chi connectivity index (χ1n) is 10.5. The van der Waals surface area contributed by atoms with Crippen molar-refractivity contribution in [1.29, 1.82) is 0 Å². The molecule has 0 spiro atoms. The van der Waals surface area contributed by atoms with Gasteiger partial charge in [-0.25, -0.2) is 4.98 Å². The topological polar surface area (TPSA) is 60.5 Å². The Morgan fingerprint density at radius 2 is 1.38 bits per heavy atom. The molecule has 4 rings (SSSR count). The van der Waals surface area contributed by atoms with E-state index in [0.717, 1.165) is 16.9 Å². The van der Waals surface area contributed by atoms with Crippen LogP contribution >= 0.6 is 0 Å². The highest BCUT2D eigenvalue weighted by atomic mass is 16.5. The number of hydrogen-bond acceptors (Lipinski definition) is 4. The Balaban J connectivity index is 1.35. The minimum Gasteiger partial charge on any atom is -0.493 e. The molecule has 0 saturated heterocycles. The van der Waals surface area contributed by atoms with Gasteiger partial charge in [0.2, 0.25) is 11.8 Å². The SMILES string of the molecule is O=C(CCOc1ccccc1)Nc1ccc(OC(c2ccccc2)c2ccccc2)nc1. The van der Waals surface area contributed by atoms with Crippen LogP contribution in [0.1, 0.15) is 23.7 Å². The molecule has 0 aliphatic rings. The highest BCUT2D eigenvalue weighted by Crippen LogP contribution is 2.27. The first kappa shape index (κ1) is 21.1. The molecule has 0 unspecified atom stereocenters. The fourth-order valence-electron chi connectivity index (χ4n) is 3.23. The summed E-state index contributed by atoms with van der Waals surface area (Å²) in [5, 5.41) is 2.84. The Labute approximate surface area is 187 Å². The molecule has 5 nitrogen and oxygen atoms in total. The fraction of sp³-hybridized carbons (Fsp3) is 0.111. The molecule has 0 radical (unpaired) electrons. The Hall–Kier alpha value is -4.12. The minimum atomic E-state index is -0.277. The van der Waals surface area contributed by atoms with E-state index >= 15 is 0 Å². The van der Waals surface area contributed by atoms with Crippen LogP contribution in [0.2, 0.25) is 0 Å². The predicted octanol–water partition coefficient (Wildman–Crippen LogP) is 5.66. The van der Waals surface area contributed by atoms with Gasteiger partial charge < -0.3 is 14.8 Å². The first-order valence-corrected chi connectivity index (χ1v) is 10.5. The number of para-hydroxylation sites is 1. The smallest absolute Gasteiger partial charge is 0.227 e. The molecule has 3 aromatic carbocycles. The van der Waals surface area contributed by atoms with Crippen molar-refractivity contribution < 1.29 is 14.3 Å². The van der Waals surface area contributed by atoms with Crippen LogP contribution in [-0.2, 0) is 4.79 Å². The molecule has 160 valence electrons. The van der Waals surface area contributed by atoms with Gasteiger partial charge in [0, 0.05) is 6.07 Å². The number of carbonyl (C=O) groups excluding carboxylic acids is 1. The summed E-state index contributed by atoms with van der Waals surface area (Å²) in [4.78, 5) is 16.6. The zero-order valence-corrected chi connectivity index (χ0v) is 17.6. The van der Waals surface area contributed by atoms with Crippen LogP contribution in [0.3, 0.4) is 0 Å². The summed E-state index contributed by atoms with van der Waals surface area (Å²) >= 11 is 0. The molecule has 0 saturated carbocycles. The van der Waals surface area contributed by atoms with Crippen LogP contribution in [0.15, 0.2) is 109 Å². The molecular weight excluding hydrogens is 400 g/mol. The van der Waals surface area contributed by atoms with E-state index in [2.05, 4.69) is 10.3 Å². The average Bonchev–Trinajstić information content (AvgIpc) is 2.85. The highest BCUT2D eigenvalue weighted by Gasteiger charge is 2.16. The Morgan fingerprint density at radius 3 is 1.94 bits per heavy atom. The summed E-state index contributed by atoms with van der Waals surface area (Å²) in [5.41, 5.74) is 2.69. The largest absolute Gasteiger partial charge is 0.493 e. The average molecular weight is 425 g/mol. The maximum atomic E-state index is 12.2. The summed E-state index contributed by atoms with van der Waals surface area (Å²) in [7, 11) is 0. The van der Waals surface area contributed by atoms with Crippen molar-refractivity contribution in [2.24, 2.45) is 0 Å². The van der Waals surface area contributed by atoms with Gasteiger partial charge in [0.25, 0.3) is 0 Å². The van der Waals surface area contributed by atoms with Gasteiger partial charge in [-0.15, -0.1) is 0 Å². The van der Waals surface area contributed by atoms with E-state index < -0.39 is 0 Å². The molecule has 4 aromatic rings. The van der Waals surface area contributed by atoms with Crippen LogP contribution in [0, 0.1) is 0 Å². The van der Waals surface area contributed by atoms with E-state index in [9.17, 15) is 4.79 Å². The van der Waals surface area contributed by atoms with Crippen LogP contribution in [0.4, 0.5) is 5.69 Å². The number of pyridine rings is 1. The molecule has 1 heterocycles. The Kier molecular flexibility index (Phi) is 7.11. The zero-order chi connectivity index (χ0) is 22.0. The molecule has 0 atom stereocenters. The third-order valence-corrected chi connectivity index (χ3v) is 4.80. The third-order valence-electron chi connectivity index (χ3n) is 4.80. The van der Waals surface area contributed by atoms with Crippen molar-refractivity contribution in [1.82, 2.24) is 4.98 Å². The number of rotatable bonds is 9. The molecule has 1 aromatic heterocycles. The molecule has 5 heteroatoms. The lowest BCUT2D eigenvalue weighted by Gasteiger charge is -2.19. The summed E-state index contributed by atoms with van der Waals surface area (Å²) in [5.74, 6) is 1.09. The molecule has 0 aliphatic carbocycles. The van der Waals surface area contributed by atoms with Gasteiger partial charge in [-0.2, -0.15) is 0 Å². The summed E-state index contributed by atoms with van der Waals surface area (Å²) < 4.78 is 11.8. The van der Waals surface area contributed by atoms with Crippen molar-refractivity contribution in [3.8, 4) is 11.6 Å². The van der Waals surface area contributed by atoms with Crippen LogP contribution < -0.4 is 14.8 Å². The third kappa shape index (κ3) is 5.95. The van der Waals surface area contributed by atoms with E-state index in [-0.39, 0.29) is 18.4 Å². The van der Waals surface area contributed by atoms with Crippen LogP contribution in [0.5, 0.6) is 11.6 Å². The maximum Gasteiger partial charge on any atom is 0.227 e. The standard InChI is InChI=1S/C27H24N2O3/c30-25(18-19-31-24-14-8-3-9-15-24)29-23-16-17-26(28-20-23)32-27(21-10-4-1-5-11-21)22-12-6-2-7-13-22/h1-17,20,27H,18-19H2,(H,29,30). The molecule has 0 bridgehead atoms. The van der Waals surface area contributed by atoms with Gasteiger partial charge in [-0.05, 0) is 29.3 Å².